The molecule has 2 rings (SSSR count). The Kier molecular flexibility index (Phi) is 12.6. The van der Waals surface area contributed by atoms with Gasteiger partial charge in [0.05, 0.1) is 12.2 Å². The van der Waals surface area contributed by atoms with Crippen LogP contribution in [0.4, 0.5) is 0 Å². The molecule has 0 heterocycles. The highest BCUT2D eigenvalue weighted by atomic mass is 79.9. The van der Waals surface area contributed by atoms with Crippen LogP contribution >= 0.6 is 15.9 Å². The van der Waals surface area contributed by atoms with E-state index in [1.807, 2.05) is 6.08 Å². The molecule has 0 aliphatic rings. The number of hydrogen-bond acceptors (Lipinski definition) is 2. The summed E-state index contributed by atoms with van der Waals surface area (Å²) in [6.07, 6.45) is 5.23. The van der Waals surface area contributed by atoms with Crippen molar-refractivity contribution < 1.29 is 9.16 Å². The van der Waals surface area contributed by atoms with Gasteiger partial charge < -0.3 is 9.16 Å². The summed E-state index contributed by atoms with van der Waals surface area (Å²) >= 11 is 3.59. The van der Waals surface area contributed by atoms with E-state index in [-0.39, 0.29) is 23.4 Å². The number of halogens is 1. The highest BCUT2D eigenvalue weighted by molar-refractivity contribution is 9.09. The monoisotopic (exact) mass is 598 g/mol. The molecule has 5 heteroatoms. The lowest BCUT2D eigenvalue weighted by Gasteiger charge is -2.46. The van der Waals surface area contributed by atoms with E-state index in [1.165, 1.54) is 10.4 Å². The van der Waals surface area contributed by atoms with E-state index in [1.54, 1.807) is 0 Å². The van der Waals surface area contributed by atoms with Crippen LogP contribution in [0.1, 0.15) is 53.4 Å². The summed E-state index contributed by atoms with van der Waals surface area (Å²) in [7, 11) is -4.23. The second-order valence-electron chi connectivity index (χ2n) is 11.8. The van der Waals surface area contributed by atoms with Gasteiger partial charge in [0, 0.05) is 5.33 Å². The van der Waals surface area contributed by atoms with Gasteiger partial charge in [-0.15, -0.1) is 12.1 Å². The number of alkyl halides is 1. The van der Waals surface area contributed by atoms with Crippen LogP contribution in [0.3, 0.4) is 0 Å². The van der Waals surface area contributed by atoms with E-state index >= 15 is 0 Å². The maximum atomic E-state index is 7.51. The SMILES string of the molecule is C=CC[C@@H](O[Si](c1ccccc1)(c1ccccc1)C(C)(C)C)[C@@H](CC)OC(C#C[Si](C)(C)C)CCCBr. The van der Waals surface area contributed by atoms with Crippen molar-refractivity contribution in [3.8, 4) is 11.5 Å². The first-order chi connectivity index (χ1) is 17.5. The fourth-order valence-electron chi connectivity index (χ4n) is 4.75. The van der Waals surface area contributed by atoms with Gasteiger partial charge in [-0.1, -0.05) is 136 Å². The van der Waals surface area contributed by atoms with Crippen LogP contribution in [0.15, 0.2) is 73.3 Å². The first kappa shape index (κ1) is 31.8. The Bertz CT molecular complexity index is 961. The first-order valence-corrected chi connectivity index (χ1v) is 20.1. The molecule has 202 valence electrons. The average Bonchev–Trinajstić information content (AvgIpc) is 2.86. The third-order valence-corrected chi connectivity index (χ3v) is 13.0. The van der Waals surface area contributed by atoms with Crippen molar-refractivity contribution in [3.05, 3.63) is 73.3 Å². The van der Waals surface area contributed by atoms with Crippen molar-refractivity contribution in [3.63, 3.8) is 0 Å². The van der Waals surface area contributed by atoms with Gasteiger partial charge in [-0.2, -0.15) is 0 Å². The summed E-state index contributed by atoms with van der Waals surface area (Å²) in [6, 6.07) is 21.7. The smallest absolute Gasteiger partial charge is 0.261 e. The number of hydrogen-bond donors (Lipinski definition) is 0. The van der Waals surface area contributed by atoms with Crippen LogP contribution in [-0.2, 0) is 9.16 Å². The zero-order valence-corrected chi connectivity index (χ0v) is 27.6. The van der Waals surface area contributed by atoms with Crippen LogP contribution in [0.2, 0.25) is 24.7 Å². The molecular weight excluding hydrogens is 552 g/mol. The first-order valence-electron chi connectivity index (χ1n) is 13.6. The summed E-state index contributed by atoms with van der Waals surface area (Å²) in [5.41, 5.74) is 3.55. The fourth-order valence-corrected chi connectivity index (χ4v) is 10.4. The molecule has 2 aromatic carbocycles. The molecule has 2 aromatic rings. The fraction of sp³-hybridized carbons (Fsp3) is 0.500. The molecule has 0 saturated heterocycles. The molecule has 2 nitrogen and oxygen atoms in total. The zero-order valence-electron chi connectivity index (χ0n) is 24.0. The van der Waals surface area contributed by atoms with Crippen LogP contribution in [-0.4, -0.2) is 40.0 Å². The summed E-state index contributed by atoms with van der Waals surface area (Å²) in [6.45, 7) is 20.1. The molecule has 0 saturated carbocycles. The Morgan fingerprint density at radius 1 is 0.946 bits per heavy atom. The van der Waals surface area contributed by atoms with E-state index < -0.39 is 16.4 Å². The maximum absolute atomic E-state index is 7.51. The van der Waals surface area contributed by atoms with Gasteiger partial charge in [-0.25, -0.2) is 0 Å². The quantitative estimate of drug-likeness (QED) is 0.102. The number of benzene rings is 2. The minimum atomic E-state index is -2.72. The topological polar surface area (TPSA) is 18.5 Å². The Hall–Kier alpha value is -1.43. The molecule has 0 fully saturated rings. The Balaban J connectivity index is 2.58. The van der Waals surface area contributed by atoms with Gasteiger partial charge in [0.1, 0.15) is 14.2 Å². The summed E-state index contributed by atoms with van der Waals surface area (Å²) in [4.78, 5) is 0. The average molecular weight is 600 g/mol. The molecule has 1 unspecified atom stereocenters. The van der Waals surface area contributed by atoms with Crippen LogP contribution in [0, 0.1) is 11.5 Å². The molecule has 0 aliphatic heterocycles. The molecule has 0 spiro atoms. The second kappa shape index (κ2) is 14.7. The van der Waals surface area contributed by atoms with Gasteiger partial charge in [-0.05, 0) is 41.1 Å². The van der Waals surface area contributed by atoms with Crippen molar-refractivity contribution in [2.75, 3.05) is 5.33 Å². The van der Waals surface area contributed by atoms with E-state index in [0.717, 1.165) is 31.0 Å². The van der Waals surface area contributed by atoms with E-state index in [9.17, 15) is 0 Å². The number of rotatable bonds is 13. The predicted octanol–water partition coefficient (Wildman–Crippen LogP) is 7.73. The van der Waals surface area contributed by atoms with Crippen LogP contribution in [0.25, 0.3) is 0 Å². The normalized spacial score (nSPS) is 14.8. The summed E-state index contributed by atoms with van der Waals surface area (Å²) in [5.74, 6) is 3.51. The largest absolute Gasteiger partial charge is 0.402 e. The van der Waals surface area contributed by atoms with Gasteiger partial charge >= 0.3 is 0 Å². The molecule has 0 aliphatic carbocycles. The molecule has 0 radical (unpaired) electrons. The Morgan fingerprint density at radius 3 is 1.89 bits per heavy atom. The van der Waals surface area contributed by atoms with E-state index in [2.05, 4.69) is 142 Å². The third kappa shape index (κ3) is 9.08. The lowest BCUT2D eigenvalue weighted by Crippen LogP contribution is -2.68. The van der Waals surface area contributed by atoms with Gasteiger partial charge in [0.2, 0.25) is 0 Å². The second-order valence-corrected chi connectivity index (χ2v) is 21.6. The molecule has 0 bridgehead atoms. The lowest BCUT2D eigenvalue weighted by atomic mass is 10.1. The van der Waals surface area contributed by atoms with E-state index in [4.69, 9.17) is 9.16 Å². The standard InChI is InChI=1S/C32H47BrO2Si2/c1-9-18-31(30(10-2)34-27(19-17-25-33)24-26-36(6,7)8)35-37(32(3,4)5,28-20-13-11-14-21-28)29-22-15-12-16-23-29/h9,11-16,20-23,27,30-31H,1,10,17-19,25H2,2-8H3/t27?,30-,31-/m1/s1. The van der Waals surface area contributed by atoms with E-state index in [0.29, 0.717) is 0 Å². The summed E-state index contributed by atoms with van der Waals surface area (Å²) in [5, 5.41) is 3.42. The lowest BCUT2D eigenvalue weighted by molar-refractivity contribution is -0.0541. The molecule has 0 N–H and O–H groups in total. The minimum Gasteiger partial charge on any atom is -0.402 e. The van der Waals surface area contributed by atoms with Crippen molar-refractivity contribution >= 4 is 42.7 Å². The highest BCUT2D eigenvalue weighted by Crippen LogP contribution is 2.38. The maximum Gasteiger partial charge on any atom is 0.261 e. The van der Waals surface area contributed by atoms with Crippen LogP contribution < -0.4 is 10.4 Å². The van der Waals surface area contributed by atoms with Gasteiger partial charge in [0.25, 0.3) is 8.32 Å². The van der Waals surface area contributed by atoms with Crippen LogP contribution in [0.5, 0.6) is 0 Å². The van der Waals surface area contributed by atoms with Crippen molar-refractivity contribution in [1.82, 2.24) is 0 Å². The minimum absolute atomic E-state index is 0.0732. The number of ether oxygens (including phenoxy) is 1. The zero-order chi connectivity index (χ0) is 27.5. The van der Waals surface area contributed by atoms with Gasteiger partial charge in [-0.3, -0.25) is 0 Å². The Labute approximate surface area is 237 Å². The highest BCUT2D eigenvalue weighted by Gasteiger charge is 2.52. The molecule has 3 atom stereocenters. The van der Waals surface area contributed by atoms with Gasteiger partial charge in [0.15, 0.2) is 0 Å². The van der Waals surface area contributed by atoms with Crippen molar-refractivity contribution in [2.45, 2.75) is 96.4 Å². The molecule has 37 heavy (non-hydrogen) atoms. The summed E-state index contributed by atoms with van der Waals surface area (Å²) < 4.78 is 14.3. The molecule has 0 amide bonds. The molecule has 0 aromatic heterocycles. The molecular formula is C32H47BrO2Si2. The van der Waals surface area contributed by atoms with Crippen molar-refractivity contribution in [2.24, 2.45) is 0 Å². The van der Waals surface area contributed by atoms with Crippen molar-refractivity contribution in [1.29, 1.82) is 0 Å². The third-order valence-electron chi connectivity index (χ3n) is 6.51. The Morgan fingerprint density at radius 2 is 1.49 bits per heavy atom. The predicted molar refractivity (Wildman–Crippen MR) is 170 cm³/mol.